The highest BCUT2D eigenvalue weighted by Gasteiger charge is 2.35. The molecule has 6 unspecified atom stereocenters. The second-order valence-corrected chi connectivity index (χ2v) is 16.4. The molecule has 6 aliphatic rings. The van der Waals surface area contributed by atoms with E-state index in [4.69, 9.17) is 28.4 Å². The predicted octanol–water partition coefficient (Wildman–Crippen LogP) is 2.14. The van der Waals surface area contributed by atoms with E-state index in [0.717, 1.165) is 112 Å². The summed E-state index contributed by atoms with van der Waals surface area (Å²) in [6, 6.07) is 24.9. The SMILES string of the molecule is O=P(c1ccc(N(CC2CO2)CC2CO2)cc1)(c1ccc(N(CC2CO2)CC2CO2)cc1)c1ccc(N(CC2CO2)CC2CO2)cc1. The summed E-state index contributed by atoms with van der Waals surface area (Å²) in [5.41, 5.74) is 3.28. The van der Waals surface area contributed by atoms with Crippen LogP contribution in [0.15, 0.2) is 72.8 Å². The molecule has 0 bridgehead atoms. The fourth-order valence-electron chi connectivity index (χ4n) is 6.44. The molecular weight excluding hydrogens is 617 g/mol. The van der Waals surface area contributed by atoms with E-state index in [9.17, 15) is 0 Å². The first-order valence-electron chi connectivity index (χ1n) is 16.9. The number of ether oxygens (including phenoxy) is 6. The van der Waals surface area contributed by atoms with Crippen molar-refractivity contribution in [2.45, 2.75) is 36.6 Å². The van der Waals surface area contributed by atoms with Gasteiger partial charge in [-0.3, -0.25) is 0 Å². The zero-order chi connectivity index (χ0) is 31.4. The zero-order valence-corrected chi connectivity index (χ0v) is 27.4. The highest BCUT2D eigenvalue weighted by molar-refractivity contribution is 7.85. The van der Waals surface area contributed by atoms with Crippen LogP contribution in [0.3, 0.4) is 0 Å². The van der Waals surface area contributed by atoms with Crippen molar-refractivity contribution in [1.82, 2.24) is 0 Å². The van der Waals surface area contributed by atoms with Gasteiger partial charge in [0.1, 0.15) is 0 Å². The van der Waals surface area contributed by atoms with Crippen molar-refractivity contribution in [2.75, 3.05) is 93.6 Å². The van der Waals surface area contributed by atoms with Crippen molar-refractivity contribution in [3.05, 3.63) is 72.8 Å². The Labute approximate surface area is 275 Å². The molecule has 10 nitrogen and oxygen atoms in total. The second kappa shape index (κ2) is 12.5. The Morgan fingerprint density at radius 2 is 0.596 bits per heavy atom. The van der Waals surface area contributed by atoms with Crippen LogP contribution in [0.4, 0.5) is 17.1 Å². The average Bonchev–Trinajstić information content (AvgIpc) is 3.89. The summed E-state index contributed by atoms with van der Waals surface area (Å²) >= 11 is 0. The second-order valence-electron chi connectivity index (χ2n) is 13.6. The van der Waals surface area contributed by atoms with Crippen LogP contribution in [0.25, 0.3) is 0 Å². The zero-order valence-electron chi connectivity index (χ0n) is 26.5. The first-order valence-corrected chi connectivity index (χ1v) is 18.6. The lowest BCUT2D eigenvalue weighted by Gasteiger charge is -2.27. The van der Waals surface area contributed by atoms with E-state index in [0.29, 0.717) is 0 Å². The lowest BCUT2D eigenvalue weighted by atomic mass is 10.2. The van der Waals surface area contributed by atoms with Crippen LogP contribution >= 0.6 is 7.14 Å². The van der Waals surface area contributed by atoms with E-state index in [2.05, 4.69) is 87.5 Å². The number of benzene rings is 3. The van der Waals surface area contributed by atoms with Gasteiger partial charge in [0.25, 0.3) is 0 Å². The van der Waals surface area contributed by atoms with Crippen LogP contribution in [0, 0.1) is 0 Å². The topological polar surface area (TPSA) is 102 Å². The summed E-state index contributed by atoms with van der Waals surface area (Å²) in [5.74, 6) is 0. The maximum atomic E-state index is 15.6. The maximum absolute atomic E-state index is 15.6. The maximum Gasteiger partial charge on any atom is 0.171 e. The molecule has 0 amide bonds. The Morgan fingerprint density at radius 1 is 0.404 bits per heavy atom. The van der Waals surface area contributed by atoms with Gasteiger partial charge in [-0.1, -0.05) is 0 Å². The van der Waals surface area contributed by atoms with Crippen molar-refractivity contribution in [2.24, 2.45) is 0 Å². The molecule has 0 saturated carbocycles. The largest absolute Gasteiger partial charge is 0.371 e. The molecule has 3 aromatic carbocycles. The quantitative estimate of drug-likeness (QED) is 0.149. The van der Waals surface area contributed by atoms with Gasteiger partial charge < -0.3 is 47.7 Å². The van der Waals surface area contributed by atoms with Gasteiger partial charge in [0.05, 0.1) is 76.3 Å². The molecule has 0 N–H and O–H groups in total. The van der Waals surface area contributed by atoms with Crippen molar-refractivity contribution in [3.63, 3.8) is 0 Å². The number of nitrogens with zero attached hydrogens (tertiary/aromatic N) is 3. The summed E-state index contributed by atoms with van der Waals surface area (Å²) in [7, 11) is -3.22. The first kappa shape index (κ1) is 30.1. The molecule has 3 aromatic rings. The smallest absolute Gasteiger partial charge is 0.171 e. The summed E-state index contributed by atoms with van der Waals surface area (Å²) in [5, 5.41) is 2.45. The molecule has 9 rings (SSSR count). The number of hydrogen-bond donors (Lipinski definition) is 0. The van der Waals surface area contributed by atoms with Gasteiger partial charge in [-0.2, -0.15) is 0 Å². The Kier molecular flexibility index (Phi) is 8.01. The Morgan fingerprint density at radius 3 is 0.766 bits per heavy atom. The van der Waals surface area contributed by atoms with Crippen LogP contribution in [-0.2, 0) is 33.0 Å². The van der Waals surface area contributed by atoms with Crippen molar-refractivity contribution < 1.29 is 33.0 Å². The molecule has 6 saturated heterocycles. The van der Waals surface area contributed by atoms with Gasteiger partial charge in [0, 0.05) is 72.2 Å². The third-order valence-electron chi connectivity index (χ3n) is 9.69. The minimum Gasteiger partial charge on any atom is -0.371 e. The van der Waals surface area contributed by atoms with E-state index < -0.39 is 7.14 Å². The van der Waals surface area contributed by atoms with Gasteiger partial charge in [-0.15, -0.1) is 0 Å². The molecule has 0 radical (unpaired) electrons. The van der Waals surface area contributed by atoms with Crippen LogP contribution in [-0.4, -0.2) is 116 Å². The van der Waals surface area contributed by atoms with Gasteiger partial charge in [-0.25, -0.2) is 0 Å². The monoisotopic (exact) mass is 659 g/mol. The molecular formula is C36H42N3O7P. The van der Waals surface area contributed by atoms with E-state index in [1.165, 1.54) is 0 Å². The lowest BCUT2D eigenvalue weighted by Crippen LogP contribution is -2.33. The number of hydrogen-bond acceptors (Lipinski definition) is 10. The summed E-state index contributed by atoms with van der Waals surface area (Å²) < 4.78 is 48.9. The summed E-state index contributed by atoms with van der Waals surface area (Å²) in [6.07, 6.45) is 1.62. The van der Waals surface area contributed by atoms with Crippen molar-refractivity contribution >= 4 is 40.1 Å². The molecule has 11 heteroatoms. The first-order chi connectivity index (χ1) is 23.1. The fourth-order valence-corrected chi connectivity index (χ4v) is 9.04. The van der Waals surface area contributed by atoms with E-state index >= 15 is 4.57 Å². The fraction of sp³-hybridized carbons (Fsp3) is 0.500. The van der Waals surface area contributed by atoms with E-state index in [1.54, 1.807) is 0 Å². The van der Waals surface area contributed by atoms with E-state index in [1.807, 2.05) is 0 Å². The molecule has 6 fully saturated rings. The predicted molar refractivity (Wildman–Crippen MR) is 181 cm³/mol. The highest BCUT2D eigenvalue weighted by atomic mass is 31.2. The lowest BCUT2D eigenvalue weighted by molar-refractivity contribution is 0.388. The van der Waals surface area contributed by atoms with Crippen molar-refractivity contribution in [1.29, 1.82) is 0 Å². The number of epoxide rings is 6. The van der Waals surface area contributed by atoms with Crippen LogP contribution in [0.5, 0.6) is 0 Å². The van der Waals surface area contributed by atoms with Gasteiger partial charge >= 0.3 is 0 Å². The molecule has 0 aliphatic carbocycles. The summed E-state index contributed by atoms with van der Waals surface area (Å²) in [6.45, 7) is 9.84. The van der Waals surface area contributed by atoms with Crippen LogP contribution in [0.2, 0.25) is 0 Å². The van der Waals surface area contributed by atoms with Crippen LogP contribution in [0.1, 0.15) is 0 Å². The van der Waals surface area contributed by atoms with E-state index in [-0.39, 0.29) is 36.6 Å². The van der Waals surface area contributed by atoms with Gasteiger partial charge in [0.2, 0.25) is 0 Å². The van der Waals surface area contributed by atoms with Crippen LogP contribution < -0.4 is 30.6 Å². The Bertz CT molecular complexity index is 1350. The molecule has 47 heavy (non-hydrogen) atoms. The normalized spacial score (nSPS) is 29.0. The number of rotatable bonds is 18. The molecule has 6 atom stereocenters. The molecule has 6 aliphatic heterocycles. The standard InChI is InChI=1S/C36H42N3O7P/c40-47(34-7-1-25(2-8-34)37(13-28-19-41-28)14-29-20-42-29,35-9-3-26(4-10-35)38(15-30-21-43-30)16-31-22-44-31)36-11-5-27(6-12-36)39(17-32-23-45-32)18-33-24-46-33/h1-12,28-33H,13-24H2. The Hall–Kier alpha value is -2.95. The minimum absolute atomic E-state index is 0.270. The Balaban J connectivity index is 1.03. The molecule has 0 aromatic heterocycles. The third kappa shape index (κ3) is 7.39. The van der Waals surface area contributed by atoms with Crippen molar-refractivity contribution in [3.8, 4) is 0 Å². The highest BCUT2D eigenvalue weighted by Crippen LogP contribution is 2.44. The molecule has 0 spiro atoms. The van der Waals surface area contributed by atoms with Gasteiger partial charge in [-0.05, 0) is 72.8 Å². The minimum atomic E-state index is -3.22. The van der Waals surface area contributed by atoms with Gasteiger partial charge in [0.15, 0.2) is 7.14 Å². The third-order valence-corrected chi connectivity index (χ3v) is 12.8. The summed E-state index contributed by atoms with van der Waals surface area (Å²) in [4.78, 5) is 6.99. The number of anilines is 3. The molecule has 6 heterocycles. The average molecular weight is 660 g/mol. The molecule has 248 valence electrons.